The van der Waals surface area contributed by atoms with Crippen molar-refractivity contribution < 1.29 is 35.9 Å². The minimum Gasteiger partial charge on any atom is -0.351 e. The highest BCUT2D eigenvalue weighted by molar-refractivity contribution is 5.83. The number of hydrogen-bond donors (Lipinski definition) is 2. The number of rotatable bonds is 6. The number of nitrogens with one attached hydrogen (secondary N) is 1. The first-order valence-electron chi connectivity index (χ1n) is 9.83. The van der Waals surface area contributed by atoms with Crippen molar-refractivity contribution in [1.82, 2.24) is 25.0 Å². The minimum atomic E-state index is -4.69. The fourth-order valence-corrected chi connectivity index (χ4v) is 3.41. The van der Waals surface area contributed by atoms with Gasteiger partial charge in [0.25, 0.3) is 0 Å². The van der Waals surface area contributed by atoms with E-state index in [4.69, 9.17) is 5.73 Å². The molecule has 0 saturated heterocycles. The molecule has 180 valence electrons. The molecule has 1 aliphatic heterocycles. The number of nitrogens with two attached hydrogens (primary N) is 1. The quantitative estimate of drug-likeness (QED) is 0.484. The third-order valence-corrected chi connectivity index (χ3v) is 5.10. The molecule has 1 aliphatic rings. The predicted molar refractivity (Wildman–Crippen MR) is 101 cm³/mol. The van der Waals surface area contributed by atoms with E-state index in [1.807, 2.05) is 0 Å². The van der Waals surface area contributed by atoms with E-state index in [1.54, 1.807) is 0 Å². The minimum absolute atomic E-state index is 0.0651. The summed E-state index contributed by atoms with van der Waals surface area (Å²) in [6.45, 7) is 0.843. The van der Waals surface area contributed by atoms with Gasteiger partial charge in [-0.05, 0) is 25.0 Å². The first kappa shape index (κ1) is 24.5. The summed E-state index contributed by atoms with van der Waals surface area (Å²) < 4.78 is 80.7. The lowest BCUT2D eigenvalue weighted by molar-refractivity contribution is -0.148. The van der Waals surface area contributed by atoms with Gasteiger partial charge in [-0.1, -0.05) is 0 Å². The van der Waals surface area contributed by atoms with Gasteiger partial charge >= 0.3 is 6.18 Å². The molecule has 2 unspecified atom stereocenters. The van der Waals surface area contributed by atoms with Crippen molar-refractivity contribution in [2.45, 2.75) is 51.1 Å². The van der Waals surface area contributed by atoms with Crippen molar-refractivity contribution in [3.8, 4) is 0 Å². The highest BCUT2D eigenvalue weighted by atomic mass is 19.4. The van der Waals surface area contributed by atoms with Gasteiger partial charge < -0.3 is 20.5 Å². The van der Waals surface area contributed by atoms with Crippen LogP contribution in [0.2, 0.25) is 0 Å². The summed E-state index contributed by atoms with van der Waals surface area (Å²) in [5, 5.41) is 9.09. The van der Waals surface area contributed by atoms with Crippen LogP contribution in [-0.2, 0) is 35.3 Å². The van der Waals surface area contributed by atoms with E-state index in [1.165, 1.54) is 11.8 Å². The van der Waals surface area contributed by atoms with Crippen LogP contribution in [0.1, 0.15) is 30.6 Å². The van der Waals surface area contributed by atoms with Crippen molar-refractivity contribution >= 4 is 11.8 Å². The average molecular weight is 478 g/mol. The van der Waals surface area contributed by atoms with E-state index in [2.05, 4.69) is 15.5 Å². The molecule has 1 aromatic heterocycles. The van der Waals surface area contributed by atoms with Crippen molar-refractivity contribution in [3.05, 3.63) is 46.8 Å². The molecule has 2 heterocycles. The van der Waals surface area contributed by atoms with Gasteiger partial charge in [-0.3, -0.25) is 9.59 Å². The summed E-state index contributed by atoms with van der Waals surface area (Å²) in [6, 6.07) is -1.03. The molecule has 2 aromatic rings. The third-order valence-electron chi connectivity index (χ3n) is 5.10. The number of aromatic nitrogens is 3. The van der Waals surface area contributed by atoms with Gasteiger partial charge in [0.1, 0.15) is 5.82 Å². The summed E-state index contributed by atoms with van der Waals surface area (Å²) in [4.78, 5) is 26.1. The molecule has 3 N–H and O–H groups in total. The molecule has 0 fully saturated rings. The number of carbonyl (C=O) groups is 2. The van der Waals surface area contributed by atoms with Crippen LogP contribution >= 0.6 is 0 Å². The molecular formula is C19H20F6N6O2. The van der Waals surface area contributed by atoms with Crippen LogP contribution in [0, 0.1) is 17.5 Å². The van der Waals surface area contributed by atoms with E-state index in [0.29, 0.717) is 12.1 Å². The second-order valence-corrected chi connectivity index (χ2v) is 7.66. The average Bonchev–Trinajstić information content (AvgIpc) is 3.15. The topological polar surface area (TPSA) is 106 Å². The number of hydrogen-bond acceptors (Lipinski definition) is 5. The van der Waals surface area contributed by atoms with Gasteiger partial charge in [-0.2, -0.15) is 13.2 Å². The van der Waals surface area contributed by atoms with Gasteiger partial charge in [0.2, 0.25) is 17.6 Å². The lowest BCUT2D eigenvalue weighted by atomic mass is 10.0. The van der Waals surface area contributed by atoms with Crippen LogP contribution < -0.4 is 11.1 Å². The second kappa shape index (κ2) is 9.37. The second-order valence-electron chi connectivity index (χ2n) is 7.66. The lowest BCUT2D eigenvalue weighted by Crippen LogP contribution is -2.48. The maximum atomic E-state index is 14.1. The first-order chi connectivity index (χ1) is 15.4. The Bertz CT molecular complexity index is 1050. The van der Waals surface area contributed by atoms with Gasteiger partial charge in [-0.25, -0.2) is 13.2 Å². The molecule has 14 heteroatoms. The summed E-state index contributed by atoms with van der Waals surface area (Å²) in [6.07, 6.45) is -5.44. The van der Waals surface area contributed by atoms with Crippen LogP contribution in [0.3, 0.4) is 0 Å². The molecule has 0 saturated carbocycles. The Labute approximate surface area is 183 Å². The van der Waals surface area contributed by atoms with Crippen molar-refractivity contribution in [1.29, 1.82) is 0 Å². The molecular weight excluding hydrogens is 458 g/mol. The molecule has 33 heavy (non-hydrogen) atoms. The zero-order valence-electron chi connectivity index (χ0n) is 17.3. The van der Waals surface area contributed by atoms with Crippen molar-refractivity contribution in [2.24, 2.45) is 5.73 Å². The van der Waals surface area contributed by atoms with E-state index >= 15 is 0 Å². The molecule has 1 aromatic carbocycles. The smallest absolute Gasteiger partial charge is 0.351 e. The maximum Gasteiger partial charge on any atom is 0.451 e. The van der Waals surface area contributed by atoms with Gasteiger partial charge in [-0.15, -0.1) is 10.2 Å². The Balaban J connectivity index is 1.75. The van der Waals surface area contributed by atoms with E-state index < -0.39 is 59.8 Å². The number of alkyl halides is 3. The van der Waals surface area contributed by atoms with Gasteiger partial charge in [0.15, 0.2) is 17.5 Å². The van der Waals surface area contributed by atoms with Crippen LogP contribution in [0.5, 0.6) is 0 Å². The summed E-state index contributed by atoms with van der Waals surface area (Å²) in [7, 11) is 0. The Morgan fingerprint density at radius 3 is 2.42 bits per heavy atom. The summed E-state index contributed by atoms with van der Waals surface area (Å²) in [5.74, 6) is -6.22. The Kier molecular flexibility index (Phi) is 6.95. The zero-order valence-corrected chi connectivity index (χ0v) is 17.3. The molecule has 0 bridgehead atoms. The monoisotopic (exact) mass is 478 g/mol. The van der Waals surface area contributed by atoms with Gasteiger partial charge in [0.05, 0.1) is 12.6 Å². The fraction of sp³-hybridized carbons (Fsp3) is 0.474. The highest BCUT2D eigenvalue weighted by Crippen LogP contribution is 2.29. The molecule has 0 radical (unpaired) electrons. The zero-order chi connectivity index (χ0) is 24.5. The van der Waals surface area contributed by atoms with Crippen LogP contribution in [0.4, 0.5) is 26.3 Å². The molecule has 2 amide bonds. The van der Waals surface area contributed by atoms with E-state index in [9.17, 15) is 35.9 Å². The molecule has 2 atom stereocenters. The van der Waals surface area contributed by atoms with E-state index in [-0.39, 0.29) is 37.4 Å². The number of halogens is 6. The molecule has 3 rings (SSSR count). The third kappa shape index (κ3) is 5.61. The molecule has 0 aliphatic carbocycles. The van der Waals surface area contributed by atoms with Crippen LogP contribution in [0.15, 0.2) is 12.1 Å². The van der Waals surface area contributed by atoms with Crippen molar-refractivity contribution in [3.63, 3.8) is 0 Å². The standard InChI is InChI=1S/C19H20F6N6O2/c1-9(26)17(33)27-11(4-10-5-13(21)14(22)7-12(10)20)6-16(32)30-2-3-31-15(8-30)28-29-18(31)19(23,24)25/h5,7,9,11H,2-4,6,8,26H2,1H3,(H,27,33). The fourth-order valence-electron chi connectivity index (χ4n) is 3.41. The van der Waals surface area contributed by atoms with E-state index in [0.717, 1.165) is 4.57 Å². The Hall–Kier alpha value is -3.16. The Morgan fingerprint density at radius 1 is 1.12 bits per heavy atom. The lowest BCUT2D eigenvalue weighted by Gasteiger charge is -2.30. The normalized spacial score (nSPS) is 15.7. The number of carbonyl (C=O) groups excluding carboxylic acids is 2. The molecule has 8 nitrogen and oxygen atoms in total. The first-order valence-corrected chi connectivity index (χ1v) is 9.83. The predicted octanol–water partition coefficient (Wildman–Crippen LogP) is 1.52. The van der Waals surface area contributed by atoms with Crippen LogP contribution in [-0.4, -0.2) is 50.1 Å². The van der Waals surface area contributed by atoms with Gasteiger partial charge in [0, 0.05) is 31.6 Å². The van der Waals surface area contributed by atoms with Crippen LogP contribution in [0.25, 0.3) is 0 Å². The Morgan fingerprint density at radius 2 is 1.79 bits per heavy atom. The number of fused-ring (bicyclic) bond motifs is 1. The highest BCUT2D eigenvalue weighted by Gasteiger charge is 2.40. The number of benzene rings is 1. The molecule has 0 spiro atoms. The largest absolute Gasteiger partial charge is 0.451 e. The number of nitrogens with zero attached hydrogens (tertiary/aromatic N) is 4. The van der Waals surface area contributed by atoms with Crippen molar-refractivity contribution in [2.75, 3.05) is 6.54 Å². The number of amides is 2. The summed E-state index contributed by atoms with van der Waals surface area (Å²) in [5.41, 5.74) is 5.24. The SMILES string of the molecule is CC(N)C(=O)NC(CC(=O)N1CCn2c(nnc2C(F)(F)F)C1)Cc1cc(F)c(F)cc1F. The maximum absolute atomic E-state index is 14.1. The summed E-state index contributed by atoms with van der Waals surface area (Å²) >= 11 is 0.